The van der Waals surface area contributed by atoms with E-state index in [-0.39, 0.29) is 11.8 Å². The number of aldehydes is 1. The summed E-state index contributed by atoms with van der Waals surface area (Å²) >= 11 is 0. The average molecular weight is 470 g/mol. The molecule has 0 spiro atoms. The normalized spacial score (nSPS) is 16.1. The van der Waals surface area contributed by atoms with Gasteiger partial charge in [0.15, 0.2) is 17.8 Å². The van der Waals surface area contributed by atoms with Crippen molar-refractivity contribution < 1.29 is 14.4 Å². The van der Waals surface area contributed by atoms with Crippen LogP contribution in [-0.4, -0.2) is 66.0 Å². The predicted octanol–water partition coefficient (Wildman–Crippen LogP) is 2.38. The first-order chi connectivity index (χ1) is 17.0. The third-order valence-electron chi connectivity index (χ3n) is 7.04. The molecule has 3 aromatic heterocycles. The topological polar surface area (TPSA) is 117 Å². The Labute approximate surface area is 200 Å². The molecule has 4 heterocycles. The molecule has 1 saturated carbocycles. The molecule has 1 aliphatic carbocycles. The van der Waals surface area contributed by atoms with Gasteiger partial charge in [0.2, 0.25) is 0 Å². The molecule has 10 heteroatoms. The lowest BCUT2D eigenvalue weighted by atomic mass is 10.1. The number of amides is 2. The fourth-order valence-corrected chi connectivity index (χ4v) is 4.79. The summed E-state index contributed by atoms with van der Waals surface area (Å²) in [4.78, 5) is 57.4. The van der Waals surface area contributed by atoms with Gasteiger partial charge in [-0.2, -0.15) is 0 Å². The molecule has 2 amide bonds. The maximum atomic E-state index is 13.6. The predicted molar refractivity (Wildman–Crippen MR) is 126 cm³/mol. The van der Waals surface area contributed by atoms with E-state index in [0.29, 0.717) is 54.4 Å². The number of aromatic nitrogens is 5. The molecule has 0 saturated heterocycles. The van der Waals surface area contributed by atoms with Gasteiger partial charge >= 0.3 is 0 Å². The molecule has 1 aromatic carbocycles. The Morgan fingerprint density at radius 1 is 1.11 bits per heavy atom. The summed E-state index contributed by atoms with van der Waals surface area (Å²) < 4.78 is 1.94. The molecule has 4 aromatic rings. The molecule has 6 rings (SSSR count). The van der Waals surface area contributed by atoms with E-state index in [9.17, 15) is 14.4 Å². The van der Waals surface area contributed by atoms with Crippen LogP contribution in [0.4, 0.5) is 0 Å². The minimum absolute atomic E-state index is 0.109. The SMILES string of the molecule is CN(C(=O)c1ncn2c1CN(C(=O)c1cc3ccccc3[nH]1)CC2)C1(c2ncc(C=O)cn2)CC1. The number of carbonyl (C=O) groups excluding carboxylic acids is 3. The number of rotatable bonds is 5. The number of hydrogen-bond donors (Lipinski definition) is 1. The maximum absolute atomic E-state index is 13.6. The minimum Gasteiger partial charge on any atom is -0.351 e. The van der Waals surface area contributed by atoms with Gasteiger partial charge in [0, 0.05) is 43.4 Å². The number of fused-ring (bicyclic) bond motifs is 2. The first-order valence-corrected chi connectivity index (χ1v) is 11.5. The van der Waals surface area contributed by atoms with Crippen molar-refractivity contribution in [3.8, 4) is 0 Å². The summed E-state index contributed by atoms with van der Waals surface area (Å²) in [6.45, 7) is 1.38. The van der Waals surface area contributed by atoms with Gasteiger partial charge in [-0.3, -0.25) is 14.4 Å². The van der Waals surface area contributed by atoms with Crippen LogP contribution in [-0.2, 0) is 18.6 Å². The van der Waals surface area contributed by atoms with Crippen LogP contribution >= 0.6 is 0 Å². The van der Waals surface area contributed by atoms with E-state index in [2.05, 4.69) is 19.9 Å². The van der Waals surface area contributed by atoms with E-state index >= 15 is 0 Å². The second-order valence-corrected chi connectivity index (χ2v) is 9.08. The van der Waals surface area contributed by atoms with Gasteiger partial charge in [-0.25, -0.2) is 15.0 Å². The molecule has 0 radical (unpaired) electrons. The van der Waals surface area contributed by atoms with Crippen LogP contribution in [0.5, 0.6) is 0 Å². The molecular formula is C25H23N7O3. The number of para-hydroxylation sites is 1. The van der Waals surface area contributed by atoms with Crippen LogP contribution in [0.3, 0.4) is 0 Å². The highest BCUT2D eigenvalue weighted by Gasteiger charge is 2.53. The van der Waals surface area contributed by atoms with Crippen molar-refractivity contribution in [3.05, 3.63) is 77.5 Å². The van der Waals surface area contributed by atoms with E-state index < -0.39 is 5.54 Å². The van der Waals surface area contributed by atoms with Crippen molar-refractivity contribution in [2.45, 2.75) is 31.5 Å². The smallest absolute Gasteiger partial charge is 0.274 e. The van der Waals surface area contributed by atoms with Crippen LogP contribution in [0.15, 0.2) is 49.1 Å². The highest BCUT2D eigenvalue weighted by atomic mass is 16.2. The fourth-order valence-electron chi connectivity index (χ4n) is 4.79. The second kappa shape index (κ2) is 7.86. The summed E-state index contributed by atoms with van der Waals surface area (Å²) in [5.74, 6) is 0.171. The number of carbonyl (C=O) groups is 3. The number of nitrogens with one attached hydrogen (secondary N) is 1. The van der Waals surface area contributed by atoms with Crippen LogP contribution < -0.4 is 0 Å². The zero-order valence-corrected chi connectivity index (χ0v) is 19.1. The Morgan fingerprint density at radius 2 is 1.89 bits per heavy atom. The second-order valence-electron chi connectivity index (χ2n) is 9.08. The Hall–Kier alpha value is -4.34. The van der Waals surface area contributed by atoms with Gasteiger partial charge in [-0.15, -0.1) is 0 Å². The zero-order valence-electron chi connectivity index (χ0n) is 19.1. The van der Waals surface area contributed by atoms with Gasteiger partial charge in [-0.1, -0.05) is 18.2 Å². The maximum Gasteiger partial charge on any atom is 0.274 e. The molecule has 1 N–H and O–H groups in total. The number of benzene rings is 1. The number of H-pyrrole nitrogens is 1. The molecular weight excluding hydrogens is 446 g/mol. The molecule has 10 nitrogen and oxygen atoms in total. The van der Waals surface area contributed by atoms with Crippen LogP contribution in [0, 0.1) is 0 Å². The fraction of sp³-hybridized carbons (Fsp3) is 0.280. The summed E-state index contributed by atoms with van der Waals surface area (Å²) in [5, 5.41) is 0.980. The first-order valence-electron chi connectivity index (χ1n) is 11.5. The Bertz CT molecular complexity index is 1430. The highest BCUT2D eigenvalue weighted by molar-refractivity contribution is 5.98. The van der Waals surface area contributed by atoms with E-state index in [1.165, 1.54) is 12.4 Å². The lowest BCUT2D eigenvalue weighted by molar-refractivity contribution is 0.0664. The third kappa shape index (κ3) is 3.40. The number of aromatic amines is 1. The Balaban J connectivity index is 1.24. The molecule has 0 atom stereocenters. The number of imidazole rings is 1. The van der Waals surface area contributed by atoms with E-state index in [0.717, 1.165) is 23.7 Å². The zero-order chi connectivity index (χ0) is 24.2. The third-order valence-corrected chi connectivity index (χ3v) is 7.04. The van der Waals surface area contributed by atoms with Crippen LogP contribution in [0.2, 0.25) is 0 Å². The average Bonchev–Trinajstić information content (AvgIpc) is 3.41. The molecule has 35 heavy (non-hydrogen) atoms. The van der Waals surface area contributed by atoms with E-state index in [1.807, 2.05) is 34.9 Å². The quantitative estimate of drug-likeness (QED) is 0.449. The van der Waals surface area contributed by atoms with Gasteiger partial charge in [0.25, 0.3) is 11.8 Å². The van der Waals surface area contributed by atoms with Gasteiger partial charge in [0.1, 0.15) is 11.2 Å². The summed E-state index contributed by atoms with van der Waals surface area (Å²) in [5.41, 5.74) is 2.26. The molecule has 1 fully saturated rings. The summed E-state index contributed by atoms with van der Waals surface area (Å²) in [6.07, 6.45) is 6.77. The lowest BCUT2D eigenvalue weighted by Crippen LogP contribution is -2.41. The monoisotopic (exact) mass is 469 g/mol. The van der Waals surface area contributed by atoms with Crippen LogP contribution in [0.1, 0.15) is 55.7 Å². The van der Waals surface area contributed by atoms with Gasteiger partial charge in [-0.05, 0) is 25.0 Å². The van der Waals surface area contributed by atoms with Crippen molar-refractivity contribution in [2.24, 2.45) is 0 Å². The molecule has 0 unspecified atom stereocenters. The highest BCUT2D eigenvalue weighted by Crippen LogP contribution is 2.49. The Morgan fingerprint density at radius 3 is 2.60 bits per heavy atom. The van der Waals surface area contributed by atoms with Crippen LogP contribution in [0.25, 0.3) is 10.9 Å². The number of hydrogen-bond acceptors (Lipinski definition) is 6. The Kier molecular flexibility index (Phi) is 4.77. The van der Waals surface area contributed by atoms with Crippen molar-refractivity contribution in [1.29, 1.82) is 0 Å². The first kappa shape index (κ1) is 21.2. The molecule has 0 bridgehead atoms. The van der Waals surface area contributed by atoms with Gasteiger partial charge in [0.05, 0.1) is 24.1 Å². The van der Waals surface area contributed by atoms with Crippen molar-refractivity contribution >= 4 is 29.0 Å². The van der Waals surface area contributed by atoms with Crippen molar-refractivity contribution in [1.82, 2.24) is 34.3 Å². The van der Waals surface area contributed by atoms with Crippen molar-refractivity contribution in [2.75, 3.05) is 13.6 Å². The van der Waals surface area contributed by atoms with E-state index in [1.54, 1.807) is 23.2 Å². The largest absolute Gasteiger partial charge is 0.351 e. The molecule has 176 valence electrons. The minimum atomic E-state index is -0.608. The van der Waals surface area contributed by atoms with Gasteiger partial charge < -0.3 is 19.4 Å². The molecule has 1 aliphatic heterocycles. The molecule has 2 aliphatic rings. The standard InChI is InChI=1S/C25H23N7O3/c1-30(25(6-7-25)24-26-11-16(14-33)12-27-24)23(35)21-20-13-31(8-9-32(20)15-28-21)22(34)19-10-17-4-2-3-5-18(17)29-19/h2-5,10-12,14-15,29H,6-9,13H2,1H3. The van der Waals surface area contributed by atoms with E-state index in [4.69, 9.17) is 0 Å². The lowest BCUT2D eigenvalue weighted by Gasteiger charge is -2.30. The number of nitrogens with zero attached hydrogens (tertiary/aromatic N) is 6. The summed E-state index contributed by atoms with van der Waals surface area (Å²) in [7, 11) is 1.73. The van der Waals surface area contributed by atoms with Crippen molar-refractivity contribution in [3.63, 3.8) is 0 Å². The summed E-state index contributed by atoms with van der Waals surface area (Å²) in [6, 6.07) is 9.62.